The second-order valence-electron chi connectivity index (χ2n) is 1.80. The molecule has 2 N–H and O–H groups in total. The van der Waals surface area contributed by atoms with Crippen LogP contribution in [0.3, 0.4) is 0 Å². The molecule has 2 nitrogen and oxygen atoms in total. The minimum absolute atomic E-state index is 0.610. The van der Waals surface area contributed by atoms with Crippen LogP contribution in [0.4, 0.5) is 0 Å². The Morgan fingerprint density at radius 2 is 2.60 bits per heavy atom. The zero-order valence-electron chi connectivity index (χ0n) is 5.41. The van der Waals surface area contributed by atoms with Gasteiger partial charge in [-0.15, -0.1) is 11.3 Å². The fourth-order valence-electron chi connectivity index (χ4n) is 0.599. The Morgan fingerprint density at radius 1 is 1.80 bits per heavy atom. The first-order chi connectivity index (χ1) is 4.84. The average Bonchev–Trinajstić information content (AvgIpc) is 2.38. The molecule has 0 fully saturated rings. The van der Waals surface area contributed by atoms with Gasteiger partial charge in [0.1, 0.15) is 5.01 Å². The van der Waals surface area contributed by atoms with Crippen molar-refractivity contribution in [2.45, 2.75) is 6.42 Å². The zero-order valence-corrected chi connectivity index (χ0v) is 7.04. The van der Waals surface area contributed by atoms with E-state index in [1.165, 1.54) is 0 Å². The quantitative estimate of drug-likeness (QED) is 0.550. The van der Waals surface area contributed by atoms with E-state index >= 15 is 0 Å². The van der Waals surface area contributed by atoms with E-state index in [1.807, 2.05) is 5.38 Å². The molecule has 0 radical (unpaired) electrons. The highest BCUT2D eigenvalue weighted by atomic mass is 32.1. The van der Waals surface area contributed by atoms with Gasteiger partial charge in [-0.1, -0.05) is 12.2 Å². The summed E-state index contributed by atoms with van der Waals surface area (Å²) in [5.41, 5.74) is 5.32. The Kier molecular flexibility index (Phi) is 2.92. The zero-order chi connectivity index (χ0) is 7.40. The molecule has 1 aromatic rings. The lowest BCUT2D eigenvalue weighted by Crippen LogP contribution is -2.06. The Morgan fingerprint density at radius 3 is 3.10 bits per heavy atom. The third kappa shape index (κ3) is 1.83. The fourth-order valence-corrected chi connectivity index (χ4v) is 1.52. The van der Waals surface area contributed by atoms with Crippen LogP contribution in [0.2, 0.25) is 0 Å². The van der Waals surface area contributed by atoms with Gasteiger partial charge < -0.3 is 5.73 Å². The molecular weight excluding hydrogens is 164 g/mol. The van der Waals surface area contributed by atoms with Crippen LogP contribution < -0.4 is 5.73 Å². The molecule has 0 unspecified atom stereocenters. The average molecular weight is 172 g/mol. The molecule has 0 spiro atoms. The summed E-state index contributed by atoms with van der Waals surface area (Å²) in [5.74, 6) is 0. The first kappa shape index (κ1) is 7.78. The summed E-state index contributed by atoms with van der Waals surface area (Å²) in [6.45, 7) is 0.610. The lowest BCUT2D eigenvalue weighted by atomic mass is 10.3. The normalized spacial score (nSPS) is 9.70. The molecule has 0 amide bonds. The molecule has 0 aliphatic carbocycles. The number of thiocarbonyl (C=S) groups is 1. The molecule has 0 aliphatic rings. The maximum Gasteiger partial charge on any atom is 0.130 e. The molecule has 0 bridgehead atoms. The lowest BCUT2D eigenvalue weighted by Gasteiger charge is -1.93. The molecule has 4 heteroatoms. The van der Waals surface area contributed by atoms with Gasteiger partial charge in [-0.2, -0.15) is 0 Å². The van der Waals surface area contributed by atoms with Crippen LogP contribution in [0.25, 0.3) is 0 Å². The highest BCUT2D eigenvalue weighted by Gasteiger charge is 2.00. The van der Waals surface area contributed by atoms with Crippen molar-refractivity contribution in [1.82, 2.24) is 4.98 Å². The van der Waals surface area contributed by atoms with E-state index in [-0.39, 0.29) is 0 Å². The molecule has 54 valence electrons. The van der Waals surface area contributed by atoms with Gasteiger partial charge in [0.05, 0.1) is 4.86 Å². The molecule has 0 saturated carbocycles. The number of rotatable bonds is 3. The van der Waals surface area contributed by atoms with Crippen LogP contribution in [0.1, 0.15) is 11.4 Å². The number of hydrogen-bond acceptors (Lipinski definition) is 4. The summed E-state index contributed by atoms with van der Waals surface area (Å²) in [6.07, 6.45) is 2.52. The second-order valence-corrected chi connectivity index (χ2v) is 3.19. The molecular formula is C6H8N2S2. The van der Waals surface area contributed by atoms with Crippen molar-refractivity contribution in [3.05, 3.63) is 16.6 Å². The Balaban J connectivity index is 2.59. The molecule has 1 heterocycles. The van der Waals surface area contributed by atoms with E-state index in [4.69, 9.17) is 18.0 Å². The van der Waals surface area contributed by atoms with Crippen LogP contribution in [-0.2, 0) is 0 Å². The summed E-state index contributed by atoms with van der Waals surface area (Å²) in [4.78, 5) is 4.93. The van der Waals surface area contributed by atoms with E-state index in [1.54, 1.807) is 17.5 Å². The number of thiazole rings is 1. The van der Waals surface area contributed by atoms with Crippen molar-refractivity contribution in [1.29, 1.82) is 0 Å². The van der Waals surface area contributed by atoms with Crippen LogP contribution in [0.5, 0.6) is 0 Å². The molecule has 10 heavy (non-hydrogen) atoms. The van der Waals surface area contributed by atoms with Crippen molar-refractivity contribution in [3.63, 3.8) is 0 Å². The van der Waals surface area contributed by atoms with Gasteiger partial charge in [-0.05, 0) is 13.0 Å². The van der Waals surface area contributed by atoms with Gasteiger partial charge in [0.25, 0.3) is 0 Å². The molecule has 0 atom stereocenters. The first-order valence-electron chi connectivity index (χ1n) is 2.97. The maximum atomic E-state index is 5.32. The SMILES string of the molecule is NCCC(=S)c1nccs1. The summed E-state index contributed by atoms with van der Waals surface area (Å²) < 4.78 is 0. The predicted molar refractivity (Wildman–Crippen MR) is 47.5 cm³/mol. The Bertz CT molecular complexity index is 206. The van der Waals surface area contributed by atoms with E-state index in [0.717, 1.165) is 16.3 Å². The Hall–Kier alpha value is -0.320. The van der Waals surface area contributed by atoms with Gasteiger partial charge in [-0.3, -0.25) is 0 Å². The first-order valence-corrected chi connectivity index (χ1v) is 4.26. The monoisotopic (exact) mass is 172 g/mol. The minimum Gasteiger partial charge on any atom is -0.330 e. The molecule has 1 aromatic heterocycles. The highest BCUT2D eigenvalue weighted by molar-refractivity contribution is 7.81. The standard InChI is InChI=1S/C6H8N2S2/c7-2-1-5(9)6-8-3-4-10-6/h3-4H,1-2,7H2. The topological polar surface area (TPSA) is 38.9 Å². The predicted octanol–water partition coefficient (Wildman–Crippen LogP) is 1.21. The van der Waals surface area contributed by atoms with E-state index < -0.39 is 0 Å². The van der Waals surface area contributed by atoms with Crippen molar-refractivity contribution in [2.75, 3.05) is 6.54 Å². The molecule has 0 aromatic carbocycles. The molecule has 0 saturated heterocycles. The fraction of sp³-hybridized carbons (Fsp3) is 0.333. The number of nitrogens with zero attached hydrogens (tertiary/aromatic N) is 1. The van der Waals surface area contributed by atoms with Gasteiger partial charge in [0.2, 0.25) is 0 Å². The smallest absolute Gasteiger partial charge is 0.130 e. The number of hydrogen-bond donors (Lipinski definition) is 1. The number of aromatic nitrogens is 1. The maximum absolute atomic E-state index is 5.32. The van der Waals surface area contributed by atoms with Crippen LogP contribution in [0.15, 0.2) is 11.6 Å². The summed E-state index contributed by atoms with van der Waals surface area (Å²) in [7, 11) is 0. The van der Waals surface area contributed by atoms with Gasteiger partial charge in [0.15, 0.2) is 0 Å². The lowest BCUT2D eigenvalue weighted by molar-refractivity contribution is 1.05. The van der Waals surface area contributed by atoms with Crippen molar-refractivity contribution in [3.8, 4) is 0 Å². The summed E-state index contributed by atoms with van der Waals surface area (Å²) in [6, 6.07) is 0. The highest BCUT2D eigenvalue weighted by Crippen LogP contribution is 2.07. The van der Waals surface area contributed by atoms with Crippen molar-refractivity contribution < 1.29 is 0 Å². The van der Waals surface area contributed by atoms with Crippen molar-refractivity contribution in [2.24, 2.45) is 5.73 Å². The van der Waals surface area contributed by atoms with Gasteiger partial charge >= 0.3 is 0 Å². The van der Waals surface area contributed by atoms with E-state index in [0.29, 0.717) is 6.54 Å². The minimum atomic E-state index is 0.610. The van der Waals surface area contributed by atoms with Crippen molar-refractivity contribution >= 4 is 28.4 Å². The third-order valence-electron chi connectivity index (χ3n) is 1.04. The largest absolute Gasteiger partial charge is 0.330 e. The van der Waals surface area contributed by atoms with E-state index in [9.17, 15) is 0 Å². The second kappa shape index (κ2) is 3.75. The summed E-state index contributed by atoms with van der Waals surface area (Å²) in [5, 5.41) is 2.85. The van der Waals surface area contributed by atoms with Gasteiger partial charge in [0, 0.05) is 11.6 Å². The van der Waals surface area contributed by atoms with Crippen LogP contribution >= 0.6 is 23.6 Å². The third-order valence-corrected chi connectivity index (χ3v) is 2.40. The summed E-state index contributed by atoms with van der Waals surface area (Å²) >= 11 is 6.60. The van der Waals surface area contributed by atoms with Gasteiger partial charge in [-0.25, -0.2) is 4.98 Å². The van der Waals surface area contributed by atoms with Crippen LogP contribution in [0, 0.1) is 0 Å². The van der Waals surface area contributed by atoms with E-state index in [2.05, 4.69) is 4.98 Å². The number of nitrogens with two attached hydrogens (primary N) is 1. The molecule has 1 rings (SSSR count). The Labute approximate surface area is 69.1 Å². The molecule has 0 aliphatic heterocycles. The van der Waals surface area contributed by atoms with Crippen LogP contribution in [-0.4, -0.2) is 16.4 Å².